The highest BCUT2D eigenvalue weighted by Gasteiger charge is 2.59. The second-order valence-electron chi connectivity index (χ2n) is 13.0. The second-order valence-corrected chi connectivity index (χ2v) is 13.0. The van der Waals surface area contributed by atoms with Crippen LogP contribution >= 0.6 is 0 Å². The van der Waals surface area contributed by atoms with E-state index in [1.165, 1.54) is 20.8 Å². The van der Waals surface area contributed by atoms with Gasteiger partial charge >= 0.3 is 5.97 Å². The van der Waals surface area contributed by atoms with Crippen molar-refractivity contribution in [3.63, 3.8) is 0 Å². The van der Waals surface area contributed by atoms with Crippen LogP contribution in [0.15, 0.2) is 0 Å². The minimum atomic E-state index is -1.66. The predicted molar refractivity (Wildman–Crippen MR) is 157 cm³/mol. The summed E-state index contributed by atoms with van der Waals surface area (Å²) in [5.74, 6) is -1.33. The molecule has 5 heterocycles. The molecule has 20 atom stereocenters. The Morgan fingerprint density at radius 2 is 1.20 bits per heavy atom. The maximum atomic E-state index is 12.4. The lowest BCUT2D eigenvalue weighted by Crippen LogP contribution is -2.69. The number of esters is 1. The Morgan fingerprint density at radius 1 is 0.612 bits per heavy atom. The van der Waals surface area contributed by atoms with Crippen LogP contribution in [0.4, 0.5) is 0 Å². The minimum Gasteiger partial charge on any atom is -0.457 e. The van der Waals surface area contributed by atoms with Gasteiger partial charge in [0.25, 0.3) is 0 Å². The minimum absolute atomic E-state index is 0.221. The van der Waals surface area contributed by atoms with Crippen molar-refractivity contribution >= 4 is 11.9 Å². The molecule has 1 amide bonds. The SMILES string of the molecule is CCCOC1OC(C)C(O)C(O)C1OC1OC(C)C(OC(C)=O)C(O)C1OC1OC(C)C(O)C(OC2OC3OC3C(O)C2O)C1NC(C)=O. The Labute approximate surface area is 282 Å². The topological polar surface area (TPSA) is 263 Å². The molecule has 0 spiro atoms. The van der Waals surface area contributed by atoms with Crippen molar-refractivity contribution in [2.24, 2.45) is 0 Å². The van der Waals surface area contributed by atoms with Gasteiger partial charge in [-0.25, -0.2) is 0 Å². The van der Waals surface area contributed by atoms with E-state index in [0.717, 1.165) is 6.92 Å². The van der Waals surface area contributed by atoms with Gasteiger partial charge in [0, 0.05) is 20.5 Å². The molecule has 5 aliphatic rings. The Morgan fingerprint density at radius 3 is 1.86 bits per heavy atom. The fraction of sp³-hybridized carbons (Fsp3) is 0.933. The summed E-state index contributed by atoms with van der Waals surface area (Å²) in [6, 6.07) is -1.35. The van der Waals surface area contributed by atoms with Crippen LogP contribution in [-0.2, 0) is 57.0 Å². The van der Waals surface area contributed by atoms with Gasteiger partial charge in [-0.2, -0.15) is 0 Å². The number of carbonyl (C=O) groups excluding carboxylic acids is 2. The number of nitrogens with one attached hydrogen (secondary N) is 1. The Hall–Kier alpha value is -1.66. The Bertz CT molecular complexity index is 1130. The molecule has 0 aromatic heterocycles. The van der Waals surface area contributed by atoms with Gasteiger partial charge in [0.1, 0.15) is 67.1 Å². The average Bonchev–Trinajstić information content (AvgIpc) is 3.82. The molecule has 49 heavy (non-hydrogen) atoms. The van der Waals surface area contributed by atoms with Crippen molar-refractivity contribution in [3.05, 3.63) is 0 Å². The van der Waals surface area contributed by atoms with Gasteiger partial charge < -0.3 is 83.3 Å². The van der Waals surface area contributed by atoms with Crippen LogP contribution in [0.2, 0.25) is 0 Å². The number of aliphatic hydroxyl groups excluding tert-OH is 6. The summed E-state index contributed by atoms with van der Waals surface area (Å²) in [5.41, 5.74) is 0. The first-order valence-corrected chi connectivity index (χ1v) is 16.5. The van der Waals surface area contributed by atoms with Crippen LogP contribution in [0.3, 0.4) is 0 Å². The zero-order valence-corrected chi connectivity index (χ0v) is 28.0. The summed E-state index contributed by atoms with van der Waals surface area (Å²) in [6.07, 6.45) is -24.2. The molecule has 282 valence electrons. The summed E-state index contributed by atoms with van der Waals surface area (Å²) in [4.78, 5) is 24.4. The molecule has 19 heteroatoms. The van der Waals surface area contributed by atoms with E-state index in [9.17, 15) is 40.2 Å². The van der Waals surface area contributed by atoms with Crippen molar-refractivity contribution in [1.82, 2.24) is 5.32 Å². The van der Waals surface area contributed by atoms with E-state index in [1.807, 2.05) is 6.92 Å². The van der Waals surface area contributed by atoms with Crippen LogP contribution in [0.1, 0.15) is 48.0 Å². The first kappa shape index (κ1) is 38.6. The smallest absolute Gasteiger partial charge is 0.303 e. The van der Waals surface area contributed by atoms with Crippen molar-refractivity contribution in [2.45, 2.75) is 171 Å². The number of aliphatic hydroxyl groups is 6. The number of epoxide rings is 1. The van der Waals surface area contributed by atoms with E-state index in [1.54, 1.807) is 6.92 Å². The van der Waals surface area contributed by atoms with Crippen LogP contribution in [0.5, 0.6) is 0 Å². The number of carbonyl (C=O) groups is 2. The fourth-order valence-electron chi connectivity index (χ4n) is 6.40. The molecule has 0 radical (unpaired) electrons. The zero-order chi connectivity index (χ0) is 35.9. The molecular formula is C30H49NO18. The number of amides is 1. The van der Waals surface area contributed by atoms with E-state index in [4.69, 9.17) is 47.4 Å². The molecule has 0 aromatic carbocycles. The second kappa shape index (κ2) is 15.9. The number of rotatable bonds is 11. The van der Waals surface area contributed by atoms with Crippen molar-refractivity contribution < 1.29 is 87.6 Å². The highest BCUT2D eigenvalue weighted by Crippen LogP contribution is 2.39. The summed E-state index contributed by atoms with van der Waals surface area (Å²) >= 11 is 0. The lowest BCUT2D eigenvalue weighted by molar-refractivity contribution is -0.386. The van der Waals surface area contributed by atoms with Crippen LogP contribution in [-0.4, -0.2) is 172 Å². The molecule has 5 rings (SSSR count). The van der Waals surface area contributed by atoms with Gasteiger partial charge in [0.2, 0.25) is 5.91 Å². The zero-order valence-electron chi connectivity index (χ0n) is 28.0. The lowest BCUT2D eigenvalue weighted by atomic mass is 9.95. The molecule has 5 fully saturated rings. The maximum absolute atomic E-state index is 12.4. The monoisotopic (exact) mass is 711 g/mol. The first-order valence-electron chi connectivity index (χ1n) is 16.5. The summed E-state index contributed by atoms with van der Waals surface area (Å²) in [6.45, 7) is 8.95. The third kappa shape index (κ3) is 8.37. The van der Waals surface area contributed by atoms with Gasteiger partial charge in [-0.1, -0.05) is 6.92 Å². The first-order chi connectivity index (χ1) is 23.1. The molecule has 5 saturated heterocycles. The largest absolute Gasteiger partial charge is 0.457 e. The molecule has 19 nitrogen and oxygen atoms in total. The molecule has 0 aromatic rings. The number of ether oxygens (including phenoxy) is 10. The van der Waals surface area contributed by atoms with Gasteiger partial charge in [-0.3, -0.25) is 9.59 Å². The molecule has 0 aliphatic carbocycles. The van der Waals surface area contributed by atoms with Crippen LogP contribution in [0, 0.1) is 0 Å². The van der Waals surface area contributed by atoms with Gasteiger partial charge in [-0.15, -0.1) is 0 Å². The predicted octanol–water partition coefficient (Wildman–Crippen LogP) is -3.51. The Balaban J connectivity index is 1.43. The standard InChI is InChI=1S/C30H49NO18/c1-7-8-40-28-23(17(36)15(34)9(2)42-28)47-29-25(20(39)21(11(4)43-29)44-13(6)33)46-26-14(31-12(5)32)22(16(35)10(3)41-26)45-27-19(38)18(37)24-30(48-24)49-27/h9-11,14-30,34-39H,7-8H2,1-6H3,(H,31,32). The quantitative estimate of drug-likeness (QED) is 0.0809. The summed E-state index contributed by atoms with van der Waals surface area (Å²) in [5, 5.41) is 68.0. The van der Waals surface area contributed by atoms with Crippen molar-refractivity contribution in [1.29, 1.82) is 0 Å². The highest BCUT2D eigenvalue weighted by molar-refractivity contribution is 5.73. The molecule has 0 bridgehead atoms. The maximum Gasteiger partial charge on any atom is 0.303 e. The van der Waals surface area contributed by atoms with Gasteiger partial charge in [-0.05, 0) is 27.2 Å². The number of hydrogen-bond acceptors (Lipinski definition) is 18. The molecule has 0 saturated carbocycles. The molecule has 20 unspecified atom stereocenters. The van der Waals surface area contributed by atoms with Crippen LogP contribution in [0.25, 0.3) is 0 Å². The van der Waals surface area contributed by atoms with Gasteiger partial charge in [0.15, 0.2) is 37.6 Å². The van der Waals surface area contributed by atoms with Crippen molar-refractivity contribution in [2.75, 3.05) is 6.61 Å². The molecule has 7 N–H and O–H groups in total. The van der Waals surface area contributed by atoms with Crippen LogP contribution < -0.4 is 5.32 Å². The number of hydrogen-bond donors (Lipinski definition) is 7. The third-order valence-corrected chi connectivity index (χ3v) is 9.10. The van der Waals surface area contributed by atoms with E-state index in [0.29, 0.717) is 6.42 Å². The third-order valence-electron chi connectivity index (χ3n) is 9.10. The van der Waals surface area contributed by atoms with E-state index < -0.39 is 135 Å². The summed E-state index contributed by atoms with van der Waals surface area (Å²) < 4.78 is 58.0. The van der Waals surface area contributed by atoms with Crippen molar-refractivity contribution in [3.8, 4) is 0 Å². The fourth-order valence-corrected chi connectivity index (χ4v) is 6.40. The number of fused-ring (bicyclic) bond motifs is 1. The summed E-state index contributed by atoms with van der Waals surface area (Å²) in [7, 11) is 0. The average molecular weight is 712 g/mol. The van der Waals surface area contributed by atoms with E-state index in [2.05, 4.69) is 5.32 Å². The van der Waals surface area contributed by atoms with E-state index in [-0.39, 0.29) is 6.61 Å². The Kier molecular flexibility index (Phi) is 12.5. The van der Waals surface area contributed by atoms with Gasteiger partial charge in [0.05, 0.1) is 18.3 Å². The van der Waals surface area contributed by atoms with E-state index >= 15 is 0 Å². The molecular weight excluding hydrogens is 662 g/mol. The highest BCUT2D eigenvalue weighted by atomic mass is 16.8. The lowest BCUT2D eigenvalue weighted by Gasteiger charge is -2.50. The normalized spacial score (nSPS) is 49.9. The molecule has 5 aliphatic heterocycles.